The van der Waals surface area contributed by atoms with Crippen LogP contribution >= 0.6 is 0 Å². The SMILES string of the molecule is COc1ccc(CN(C)C(=O)c2cnn3c(C)cc(C)nc23)c2cccnc12. The van der Waals surface area contributed by atoms with Crippen LogP contribution in [0.4, 0.5) is 0 Å². The smallest absolute Gasteiger partial charge is 0.259 e. The van der Waals surface area contributed by atoms with Gasteiger partial charge in [0.2, 0.25) is 0 Å². The van der Waals surface area contributed by atoms with E-state index >= 15 is 0 Å². The molecule has 0 radical (unpaired) electrons. The molecule has 7 nitrogen and oxygen atoms in total. The minimum atomic E-state index is -0.125. The lowest BCUT2D eigenvalue weighted by Crippen LogP contribution is -2.26. The van der Waals surface area contributed by atoms with Crippen molar-refractivity contribution in [2.24, 2.45) is 0 Å². The lowest BCUT2D eigenvalue weighted by molar-refractivity contribution is 0.0787. The number of nitrogens with zero attached hydrogens (tertiary/aromatic N) is 5. The van der Waals surface area contributed by atoms with Gasteiger partial charge in [-0.25, -0.2) is 9.50 Å². The van der Waals surface area contributed by atoms with E-state index in [4.69, 9.17) is 4.74 Å². The van der Waals surface area contributed by atoms with E-state index in [1.807, 2.05) is 44.2 Å². The molecule has 4 rings (SSSR count). The number of rotatable bonds is 4. The minimum absolute atomic E-state index is 0.125. The predicted octanol–water partition coefficient (Wildman–Crippen LogP) is 3.18. The third-order valence-corrected chi connectivity index (χ3v) is 4.81. The fraction of sp³-hybridized carbons (Fsp3) is 0.238. The van der Waals surface area contributed by atoms with Crippen molar-refractivity contribution in [3.05, 3.63) is 65.2 Å². The monoisotopic (exact) mass is 375 g/mol. The number of pyridine rings is 1. The van der Waals surface area contributed by atoms with Gasteiger partial charge in [0, 0.05) is 36.6 Å². The van der Waals surface area contributed by atoms with Gasteiger partial charge in [0.25, 0.3) is 5.91 Å². The van der Waals surface area contributed by atoms with E-state index in [-0.39, 0.29) is 5.91 Å². The van der Waals surface area contributed by atoms with Crippen LogP contribution in [0.2, 0.25) is 0 Å². The Labute approximate surface area is 162 Å². The van der Waals surface area contributed by atoms with E-state index in [0.29, 0.717) is 23.5 Å². The first kappa shape index (κ1) is 17.9. The Hall–Kier alpha value is -3.48. The lowest BCUT2D eigenvalue weighted by atomic mass is 10.1. The Morgan fingerprint density at radius 2 is 2.07 bits per heavy atom. The van der Waals surface area contributed by atoms with Crippen molar-refractivity contribution in [2.75, 3.05) is 14.2 Å². The number of carbonyl (C=O) groups excluding carboxylic acids is 1. The summed E-state index contributed by atoms with van der Waals surface area (Å²) in [6.07, 6.45) is 3.32. The van der Waals surface area contributed by atoms with Crippen LogP contribution in [0.5, 0.6) is 5.75 Å². The van der Waals surface area contributed by atoms with Crippen molar-refractivity contribution < 1.29 is 9.53 Å². The summed E-state index contributed by atoms with van der Waals surface area (Å²) in [5, 5.41) is 5.29. The zero-order chi connectivity index (χ0) is 19.8. The molecule has 0 aliphatic heterocycles. The van der Waals surface area contributed by atoms with E-state index in [0.717, 1.165) is 27.9 Å². The number of carbonyl (C=O) groups is 1. The molecule has 0 saturated heterocycles. The maximum absolute atomic E-state index is 13.1. The highest BCUT2D eigenvalue weighted by Crippen LogP contribution is 2.27. The molecule has 1 aromatic carbocycles. The zero-order valence-corrected chi connectivity index (χ0v) is 16.3. The molecule has 28 heavy (non-hydrogen) atoms. The summed E-state index contributed by atoms with van der Waals surface area (Å²) in [5.74, 6) is 0.589. The normalized spacial score (nSPS) is 11.1. The summed E-state index contributed by atoms with van der Waals surface area (Å²) in [6, 6.07) is 9.66. The highest BCUT2D eigenvalue weighted by atomic mass is 16.5. The zero-order valence-electron chi connectivity index (χ0n) is 16.3. The molecule has 0 fully saturated rings. The second kappa shape index (κ2) is 6.92. The minimum Gasteiger partial charge on any atom is -0.494 e. The van der Waals surface area contributed by atoms with Crippen molar-refractivity contribution >= 4 is 22.5 Å². The lowest BCUT2D eigenvalue weighted by Gasteiger charge is -2.18. The summed E-state index contributed by atoms with van der Waals surface area (Å²) in [4.78, 5) is 23.7. The number of amides is 1. The van der Waals surface area contributed by atoms with Crippen molar-refractivity contribution in [3.63, 3.8) is 0 Å². The molecular weight excluding hydrogens is 354 g/mol. The van der Waals surface area contributed by atoms with Crippen molar-refractivity contribution in [1.29, 1.82) is 0 Å². The van der Waals surface area contributed by atoms with Crippen LogP contribution in [0.3, 0.4) is 0 Å². The molecule has 3 heterocycles. The Bertz CT molecular complexity index is 1200. The number of aromatic nitrogens is 4. The van der Waals surface area contributed by atoms with Gasteiger partial charge in [-0.3, -0.25) is 9.78 Å². The van der Waals surface area contributed by atoms with Crippen LogP contribution in [0, 0.1) is 13.8 Å². The molecule has 7 heteroatoms. The van der Waals surface area contributed by atoms with Gasteiger partial charge in [0.05, 0.1) is 13.3 Å². The molecule has 0 aliphatic rings. The summed E-state index contributed by atoms with van der Waals surface area (Å²) < 4.78 is 7.10. The molecule has 0 N–H and O–H groups in total. The average molecular weight is 375 g/mol. The fourth-order valence-corrected chi connectivity index (χ4v) is 3.46. The number of hydrogen-bond acceptors (Lipinski definition) is 5. The van der Waals surface area contributed by atoms with Crippen LogP contribution in [0.25, 0.3) is 16.6 Å². The molecule has 0 atom stereocenters. The maximum Gasteiger partial charge on any atom is 0.259 e. The molecule has 1 amide bonds. The quantitative estimate of drug-likeness (QED) is 0.548. The standard InChI is InChI=1S/C21H21N5O2/c1-13-10-14(2)26-20(24-13)17(11-23-26)21(27)25(3)12-15-7-8-18(28-4)19-16(15)6-5-9-22-19/h5-11H,12H2,1-4H3. The molecule has 3 aromatic heterocycles. The third-order valence-electron chi connectivity index (χ3n) is 4.81. The van der Waals surface area contributed by atoms with Gasteiger partial charge >= 0.3 is 0 Å². The van der Waals surface area contributed by atoms with Gasteiger partial charge in [-0.05, 0) is 37.6 Å². The second-order valence-corrected chi connectivity index (χ2v) is 6.82. The van der Waals surface area contributed by atoms with Crippen LogP contribution in [-0.4, -0.2) is 44.5 Å². The summed E-state index contributed by atoms with van der Waals surface area (Å²) in [6.45, 7) is 4.30. The van der Waals surface area contributed by atoms with Gasteiger partial charge in [-0.1, -0.05) is 12.1 Å². The van der Waals surface area contributed by atoms with Gasteiger partial charge < -0.3 is 9.64 Å². The first-order valence-electron chi connectivity index (χ1n) is 8.97. The topological polar surface area (TPSA) is 72.6 Å². The highest BCUT2D eigenvalue weighted by Gasteiger charge is 2.20. The fourth-order valence-electron chi connectivity index (χ4n) is 3.46. The first-order chi connectivity index (χ1) is 13.5. The summed E-state index contributed by atoms with van der Waals surface area (Å²) in [7, 11) is 3.40. The predicted molar refractivity (Wildman–Crippen MR) is 107 cm³/mol. The molecule has 0 bridgehead atoms. The Morgan fingerprint density at radius 1 is 1.25 bits per heavy atom. The molecule has 0 aliphatic carbocycles. The van der Waals surface area contributed by atoms with Crippen molar-refractivity contribution in [2.45, 2.75) is 20.4 Å². The second-order valence-electron chi connectivity index (χ2n) is 6.82. The van der Waals surface area contributed by atoms with E-state index in [2.05, 4.69) is 15.1 Å². The first-order valence-corrected chi connectivity index (χ1v) is 8.97. The number of hydrogen-bond donors (Lipinski definition) is 0. The van der Waals surface area contributed by atoms with Crippen molar-refractivity contribution in [3.8, 4) is 5.75 Å². The van der Waals surface area contributed by atoms with Gasteiger partial charge in [0.15, 0.2) is 5.65 Å². The van der Waals surface area contributed by atoms with Gasteiger partial charge in [0.1, 0.15) is 16.8 Å². The number of aryl methyl sites for hydroxylation is 2. The van der Waals surface area contributed by atoms with Crippen molar-refractivity contribution in [1.82, 2.24) is 24.5 Å². The number of fused-ring (bicyclic) bond motifs is 2. The Kier molecular flexibility index (Phi) is 4.43. The molecule has 142 valence electrons. The number of methoxy groups -OCH3 is 1. The van der Waals surface area contributed by atoms with E-state index in [9.17, 15) is 4.79 Å². The highest BCUT2D eigenvalue weighted by molar-refractivity contribution is 5.99. The van der Waals surface area contributed by atoms with Crippen LogP contribution in [0.1, 0.15) is 27.3 Å². The van der Waals surface area contributed by atoms with Crippen LogP contribution in [-0.2, 0) is 6.54 Å². The van der Waals surface area contributed by atoms with Gasteiger partial charge in [-0.15, -0.1) is 0 Å². The molecule has 0 unspecified atom stereocenters. The van der Waals surface area contributed by atoms with E-state index in [1.54, 1.807) is 36.0 Å². The summed E-state index contributed by atoms with van der Waals surface area (Å²) in [5.41, 5.74) is 4.65. The molecule has 0 spiro atoms. The summed E-state index contributed by atoms with van der Waals surface area (Å²) >= 11 is 0. The molecule has 4 aromatic rings. The van der Waals surface area contributed by atoms with E-state index in [1.165, 1.54) is 0 Å². The Balaban J connectivity index is 1.69. The maximum atomic E-state index is 13.1. The molecule has 0 saturated carbocycles. The third kappa shape index (κ3) is 2.94. The van der Waals surface area contributed by atoms with Gasteiger partial charge in [-0.2, -0.15) is 5.10 Å². The van der Waals surface area contributed by atoms with Crippen LogP contribution in [0.15, 0.2) is 42.7 Å². The van der Waals surface area contributed by atoms with Crippen LogP contribution < -0.4 is 4.74 Å². The average Bonchev–Trinajstić information content (AvgIpc) is 3.11. The number of ether oxygens (including phenoxy) is 1. The number of benzene rings is 1. The van der Waals surface area contributed by atoms with E-state index < -0.39 is 0 Å². The Morgan fingerprint density at radius 3 is 2.86 bits per heavy atom. The largest absolute Gasteiger partial charge is 0.494 e. The molecular formula is C21H21N5O2.